The zero-order valence-corrected chi connectivity index (χ0v) is 6.01. The number of thioether (sulfide) groups is 1. The van der Waals surface area contributed by atoms with Crippen molar-refractivity contribution in [2.75, 3.05) is 13.3 Å². The molecule has 0 heterocycles. The molecule has 44 valence electrons. The molecule has 0 aliphatic heterocycles. The van der Waals surface area contributed by atoms with Gasteiger partial charge in [0.15, 0.2) is 0 Å². The Balaban J connectivity index is 2.99. The molecule has 0 bridgehead atoms. The smallest absolute Gasteiger partial charge is 0.0524 e. The van der Waals surface area contributed by atoms with E-state index in [2.05, 4.69) is 18.5 Å². The number of rotatable bonds is 3. The quantitative estimate of drug-likeness (QED) is 0.562. The van der Waals surface area contributed by atoms with Crippen LogP contribution in [0.3, 0.4) is 0 Å². The lowest BCUT2D eigenvalue weighted by atomic mass is 10.5. The number of hydrogen-bond donors (Lipinski definition) is 1. The molecule has 0 rings (SSSR count). The monoisotopic (exact) mass is 119 g/mol. The maximum Gasteiger partial charge on any atom is 0.0524 e. The molecule has 2 heteroatoms. The fraction of sp³-hybridized carbons (Fsp3) is 1.00. The second kappa shape index (κ2) is 4.47. The van der Waals surface area contributed by atoms with Crippen LogP contribution in [0.4, 0.5) is 0 Å². The molecule has 0 aromatic heterocycles. The summed E-state index contributed by atoms with van der Waals surface area (Å²) in [5.41, 5.74) is 0. The Labute approximate surface area is 49.9 Å². The third-order valence-corrected chi connectivity index (χ3v) is 2.12. The minimum atomic E-state index is 0.653. The van der Waals surface area contributed by atoms with Crippen molar-refractivity contribution in [3.63, 3.8) is 0 Å². The van der Waals surface area contributed by atoms with Gasteiger partial charge in [-0.15, -0.1) is 11.8 Å². The first-order chi connectivity index (χ1) is 3.35. The van der Waals surface area contributed by atoms with Crippen molar-refractivity contribution in [2.45, 2.75) is 18.7 Å². The molecule has 0 spiro atoms. The molecule has 0 aliphatic rings. The van der Waals surface area contributed by atoms with Gasteiger partial charge in [0.2, 0.25) is 0 Å². The highest BCUT2D eigenvalue weighted by molar-refractivity contribution is 7.99. The van der Waals surface area contributed by atoms with Gasteiger partial charge in [0.1, 0.15) is 0 Å². The molecule has 0 amide bonds. The van der Waals surface area contributed by atoms with Crippen LogP contribution in [0.25, 0.3) is 0 Å². The summed E-state index contributed by atoms with van der Waals surface area (Å²) in [7, 11) is 1.99. The Kier molecular flexibility index (Phi) is 4.67. The van der Waals surface area contributed by atoms with Gasteiger partial charge < -0.3 is 5.32 Å². The van der Waals surface area contributed by atoms with Gasteiger partial charge >= 0.3 is 0 Å². The van der Waals surface area contributed by atoms with Gasteiger partial charge in [-0.05, 0) is 19.7 Å². The van der Waals surface area contributed by atoms with E-state index in [0.29, 0.717) is 5.37 Å². The van der Waals surface area contributed by atoms with Gasteiger partial charge in [-0.2, -0.15) is 0 Å². The number of hydrogen-bond acceptors (Lipinski definition) is 2. The van der Waals surface area contributed by atoms with Crippen molar-refractivity contribution in [3.05, 3.63) is 0 Å². The number of nitrogens with one attached hydrogen (secondary N) is 1. The molecule has 0 aromatic carbocycles. The summed E-state index contributed by atoms with van der Waals surface area (Å²) in [4.78, 5) is 0. The van der Waals surface area contributed by atoms with Crippen LogP contribution >= 0.6 is 11.8 Å². The molecule has 1 nitrogen and oxygen atoms in total. The Morgan fingerprint density at radius 3 is 2.29 bits per heavy atom. The largest absolute Gasteiger partial charge is 0.308 e. The van der Waals surface area contributed by atoms with E-state index in [4.69, 9.17) is 0 Å². The van der Waals surface area contributed by atoms with E-state index in [1.54, 1.807) is 0 Å². The van der Waals surface area contributed by atoms with Crippen LogP contribution < -0.4 is 5.32 Å². The van der Waals surface area contributed by atoms with Crippen molar-refractivity contribution in [3.8, 4) is 0 Å². The van der Waals surface area contributed by atoms with Crippen molar-refractivity contribution in [1.29, 1.82) is 0 Å². The summed E-state index contributed by atoms with van der Waals surface area (Å²) < 4.78 is 0. The van der Waals surface area contributed by atoms with Gasteiger partial charge in [-0.25, -0.2) is 0 Å². The first kappa shape index (κ1) is 7.31. The predicted molar refractivity (Wildman–Crippen MR) is 36.7 cm³/mol. The van der Waals surface area contributed by atoms with Crippen molar-refractivity contribution >= 4 is 11.8 Å². The Morgan fingerprint density at radius 2 is 2.29 bits per heavy atom. The molecule has 0 saturated heterocycles. The first-order valence-electron chi connectivity index (χ1n) is 2.55. The molecule has 1 unspecified atom stereocenters. The molecule has 7 heavy (non-hydrogen) atoms. The summed E-state index contributed by atoms with van der Waals surface area (Å²) in [6.45, 7) is 2.18. The van der Waals surface area contributed by atoms with E-state index in [0.717, 1.165) is 0 Å². The van der Waals surface area contributed by atoms with Crippen LogP contribution in [-0.4, -0.2) is 18.7 Å². The third-order valence-electron chi connectivity index (χ3n) is 0.977. The topological polar surface area (TPSA) is 12.0 Å². The van der Waals surface area contributed by atoms with Crippen LogP contribution in [0.1, 0.15) is 13.3 Å². The standard InChI is InChI=1S/C5H13NS/c1-4-5(6-2)7-3/h5-6H,4H2,1-3H3. The predicted octanol–water partition coefficient (Wildman–Crippen LogP) is 1.30. The average Bonchev–Trinajstić information content (AvgIpc) is 1.72. The van der Waals surface area contributed by atoms with Gasteiger partial charge in [-0.3, -0.25) is 0 Å². The molecule has 1 atom stereocenters. The van der Waals surface area contributed by atoms with Gasteiger partial charge in [0.25, 0.3) is 0 Å². The molecule has 0 fully saturated rings. The van der Waals surface area contributed by atoms with E-state index in [1.165, 1.54) is 6.42 Å². The summed E-state index contributed by atoms with van der Waals surface area (Å²) in [6, 6.07) is 0. The highest BCUT2D eigenvalue weighted by Crippen LogP contribution is 2.04. The zero-order valence-electron chi connectivity index (χ0n) is 5.19. The van der Waals surface area contributed by atoms with Crippen LogP contribution in [0, 0.1) is 0 Å². The van der Waals surface area contributed by atoms with Crippen LogP contribution in [0.15, 0.2) is 0 Å². The zero-order chi connectivity index (χ0) is 5.70. The lowest BCUT2D eigenvalue weighted by molar-refractivity contribution is 0.719. The van der Waals surface area contributed by atoms with Crippen molar-refractivity contribution in [2.24, 2.45) is 0 Å². The summed E-state index contributed by atoms with van der Waals surface area (Å²) in [5.74, 6) is 0. The lowest BCUT2D eigenvalue weighted by Crippen LogP contribution is -2.19. The Morgan fingerprint density at radius 1 is 1.71 bits per heavy atom. The van der Waals surface area contributed by atoms with Crippen molar-refractivity contribution < 1.29 is 0 Å². The fourth-order valence-corrected chi connectivity index (χ4v) is 1.06. The van der Waals surface area contributed by atoms with Crippen LogP contribution in [0.2, 0.25) is 0 Å². The van der Waals surface area contributed by atoms with Gasteiger partial charge in [-0.1, -0.05) is 6.92 Å². The second-order valence-electron chi connectivity index (χ2n) is 1.42. The van der Waals surface area contributed by atoms with Crippen LogP contribution in [-0.2, 0) is 0 Å². The first-order valence-corrected chi connectivity index (χ1v) is 3.84. The molecule has 1 N–H and O–H groups in total. The van der Waals surface area contributed by atoms with E-state index >= 15 is 0 Å². The Bertz CT molecular complexity index is 29.6. The van der Waals surface area contributed by atoms with E-state index in [9.17, 15) is 0 Å². The van der Waals surface area contributed by atoms with E-state index in [1.807, 2.05) is 18.8 Å². The van der Waals surface area contributed by atoms with Crippen LogP contribution in [0.5, 0.6) is 0 Å². The molecular weight excluding hydrogens is 106 g/mol. The third kappa shape index (κ3) is 2.94. The summed E-state index contributed by atoms with van der Waals surface area (Å²) in [5, 5.41) is 3.82. The normalized spacial score (nSPS) is 14.1. The minimum absolute atomic E-state index is 0.653. The lowest BCUT2D eigenvalue weighted by Gasteiger charge is -2.07. The molecular formula is C5H13NS. The maximum absolute atomic E-state index is 3.16. The fourth-order valence-electron chi connectivity index (χ4n) is 0.489. The molecule has 0 saturated carbocycles. The highest BCUT2D eigenvalue weighted by Gasteiger charge is 1.94. The SMILES string of the molecule is CCC(NC)SC. The average molecular weight is 119 g/mol. The minimum Gasteiger partial charge on any atom is -0.308 e. The van der Waals surface area contributed by atoms with Gasteiger partial charge in [0.05, 0.1) is 5.37 Å². The maximum atomic E-state index is 3.16. The van der Waals surface area contributed by atoms with Crippen molar-refractivity contribution in [1.82, 2.24) is 5.32 Å². The van der Waals surface area contributed by atoms with Gasteiger partial charge in [0, 0.05) is 0 Å². The second-order valence-corrected chi connectivity index (χ2v) is 2.46. The van der Waals surface area contributed by atoms with E-state index < -0.39 is 0 Å². The summed E-state index contributed by atoms with van der Waals surface area (Å²) in [6.07, 6.45) is 3.32. The molecule has 0 aromatic rings. The molecule has 0 radical (unpaired) electrons. The Hall–Kier alpha value is 0.310. The molecule has 0 aliphatic carbocycles. The van der Waals surface area contributed by atoms with E-state index in [-0.39, 0.29) is 0 Å². The highest BCUT2D eigenvalue weighted by atomic mass is 32.2. The summed E-state index contributed by atoms with van der Waals surface area (Å²) >= 11 is 1.86.